The molecular formula is C54H78N4O7. The molecule has 0 aliphatic carbocycles. The maximum Gasteiger partial charge on any atom is 0.323 e. The quantitative estimate of drug-likeness (QED) is 0.0562. The van der Waals surface area contributed by atoms with E-state index < -0.39 is 11.2 Å². The van der Waals surface area contributed by atoms with Gasteiger partial charge in [0.05, 0.1) is 25.8 Å². The Bertz CT molecular complexity index is 1990. The standard InChI is InChI=1S/C54H78N4O7/c1-40(2)63-52(61)48-23-14-15-27-58(48)37-46-35-41(3)45(25-24-43-21-18-22-47(42(43)4)44-19-12-11-13-20-44)36-49(46)62-34-17-16-26-55-28-30-56(38-50(59)64-53(5,6)7)32-33-57(31-29-55)39-51(60)65-54(8,9)10/h11-13,18-22,24-25,35-36,40,48H,14-17,23,26-34,37-39H2,1-10H3/b25-24+/t48-/m0/s1. The molecule has 0 saturated carbocycles. The summed E-state index contributed by atoms with van der Waals surface area (Å²) in [6.45, 7) is 27.0. The SMILES string of the molecule is Cc1cc(CN2CCCC[C@H]2C(=O)OC(C)C)c(OCCCCN2CCN(CC(=O)OC(C)(C)C)CCN(CC(=O)OC(C)(C)C)CC2)cc1/C=C/c1cccc(-c2ccccc2)c1C. The van der Waals surface area contributed by atoms with Crippen LogP contribution in [0.25, 0.3) is 23.3 Å². The minimum atomic E-state index is -0.558. The topological polar surface area (TPSA) is 101 Å². The highest BCUT2D eigenvalue weighted by Gasteiger charge is 2.31. The molecule has 2 fully saturated rings. The number of nitrogens with zero attached hydrogens (tertiary/aromatic N) is 4. The molecule has 11 nitrogen and oxygen atoms in total. The third kappa shape index (κ3) is 17.3. The van der Waals surface area contributed by atoms with Crippen molar-refractivity contribution in [1.82, 2.24) is 19.6 Å². The van der Waals surface area contributed by atoms with Gasteiger partial charge in [0.25, 0.3) is 0 Å². The van der Waals surface area contributed by atoms with Gasteiger partial charge < -0.3 is 23.8 Å². The summed E-state index contributed by atoms with van der Waals surface area (Å²) >= 11 is 0. The summed E-state index contributed by atoms with van der Waals surface area (Å²) < 4.78 is 23.8. The Labute approximate surface area is 390 Å². The van der Waals surface area contributed by atoms with E-state index in [-0.39, 0.29) is 43.1 Å². The molecule has 65 heavy (non-hydrogen) atoms. The zero-order valence-corrected chi connectivity index (χ0v) is 41.3. The number of esters is 3. The Balaban J connectivity index is 1.30. The number of rotatable bonds is 17. The number of hydrogen-bond acceptors (Lipinski definition) is 11. The average molecular weight is 895 g/mol. The van der Waals surface area contributed by atoms with Gasteiger partial charge in [0.1, 0.15) is 23.0 Å². The number of carbonyl (C=O) groups excluding carboxylic acids is 3. The zero-order valence-electron chi connectivity index (χ0n) is 41.3. The van der Waals surface area contributed by atoms with Gasteiger partial charge in [-0.05, 0) is 147 Å². The second-order valence-corrected chi connectivity index (χ2v) is 20.1. The van der Waals surface area contributed by atoms with Crippen LogP contribution in [-0.4, -0.2) is 133 Å². The van der Waals surface area contributed by atoms with E-state index in [4.69, 9.17) is 18.9 Å². The van der Waals surface area contributed by atoms with Crippen molar-refractivity contribution in [3.8, 4) is 16.9 Å². The van der Waals surface area contributed by atoms with Crippen molar-refractivity contribution in [2.75, 3.05) is 72.1 Å². The fourth-order valence-electron chi connectivity index (χ4n) is 8.58. The fourth-order valence-corrected chi connectivity index (χ4v) is 8.58. The van der Waals surface area contributed by atoms with Crippen LogP contribution in [0.2, 0.25) is 0 Å². The molecule has 0 N–H and O–H groups in total. The molecule has 0 radical (unpaired) electrons. The normalized spacial score (nSPS) is 17.7. The highest BCUT2D eigenvalue weighted by molar-refractivity contribution is 5.79. The van der Waals surface area contributed by atoms with E-state index in [1.54, 1.807) is 0 Å². The smallest absolute Gasteiger partial charge is 0.323 e. The molecule has 356 valence electrons. The summed E-state index contributed by atoms with van der Waals surface area (Å²) in [6, 6.07) is 21.1. The first-order chi connectivity index (χ1) is 30.8. The molecule has 0 aromatic heterocycles. The van der Waals surface area contributed by atoms with Crippen molar-refractivity contribution in [2.45, 2.75) is 131 Å². The number of hydrogen-bond donors (Lipinski definition) is 0. The molecule has 2 heterocycles. The molecule has 5 rings (SSSR count). The van der Waals surface area contributed by atoms with E-state index in [1.165, 1.54) is 16.7 Å². The van der Waals surface area contributed by atoms with E-state index in [2.05, 4.69) is 100 Å². The van der Waals surface area contributed by atoms with Crippen molar-refractivity contribution in [2.24, 2.45) is 0 Å². The molecule has 2 aliphatic rings. The molecule has 11 heteroatoms. The molecule has 3 aromatic carbocycles. The van der Waals surface area contributed by atoms with Crippen LogP contribution in [0.1, 0.15) is 115 Å². The third-order valence-corrected chi connectivity index (χ3v) is 11.8. The van der Waals surface area contributed by atoms with Crippen molar-refractivity contribution in [1.29, 1.82) is 0 Å². The first kappa shape index (κ1) is 51.4. The summed E-state index contributed by atoms with van der Waals surface area (Å²) in [5.41, 5.74) is 7.00. The maximum absolute atomic E-state index is 13.3. The number of aryl methyl sites for hydroxylation is 1. The predicted molar refractivity (Wildman–Crippen MR) is 262 cm³/mol. The van der Waals surface area contributed by atoms with Gasteiger partial charge in [-0.25, -0.2) is 0 Å². The van der Waals surface area contributed by atoms with Gasteiger partial charge in [0.15, 0.2) is 0 Å². The van der Waals surface area contributed by atoms with Crippen molar-refractivity contribution >= 4 is 30.1 Å². The van der Waals surface area contributed by atoms with E-state index in [9.17, 15) is 14.4 Å². The van der Waals surface area contributed by atoms with Gasteiger partial charge in [-0.3, -0.25) is 29.1 Å². The Kier molecular flexibility index (Phi) is 19.2. The molecule has 2 saturated heterocycles. The van der Waals surface area contributed by atoms with Gasteiger partial charge in [-0.2, -0.15) is 0 Å². The second kappa shape index (κ2) is 24.3. The molecule has 0 amide bonds. The van der Waals surface area contributed by atoms with Crippen molar-refractivity contribution in [3.05, 3.63) is 88.5 Å². The van der Waals surface area contributed by atoms with Crippen LogP contribution in [-0.2, 0) is 35.1 Å². The van der Waals surface area contributed by atoms with Gasteiger partial charge in [0, 0.05) is 51.4 Å². The Morgan fingerprint density at radius 3 is 1.91 bits per heavy atom. The number of likely N-dealkylation sites (tertiary alicyclic amines) is 1. The summed E-state index contributed by atoms with van der Waals surface area (Å²) in [4.78, 5) is 48.1. The van der Waals surface area contributed by atoms with Gasteiger partial charge in [0.2, 0.25) is 0 Å². The fraction of sp³-hybridized carbons (Fsp3) is 0.574. The number of piperidine rings is 1. The van der Waals surface area contributed by atoms with E-state index in [0.717, 1.165) is 99.4 Å². The van der Waals surface area contributed by atoms with Gasteiger partial charge >= 0.3 is 17.9 Å². The Morgan fingerprint density at radius 2 is 1.31 bits per heavy atom. The zero-order chi connectivity index (χ0) is 47.1. The van der Waals surface area contributed by atoms with Crippen LogP contribution in [0.5, 0.6) is 5.75 Å². The number of benzene rings is 3. The number of carbonyl (C=O) groups is 3. The van der Waals surface area contributed by atoms with Crippen LogP contribution in [0, 0.1) is 13.8 Å². The largest absolute Gasteiger partial charge is 0.493 e. The summed E-state index contributed by atoms with van der Waals surface area (Å²) in [7, 11) is 0. The lowest BCUT2D eigenvalue weighted by molar-refractivity contribution is -0.158. The monoisotopic (exact) mass is 895 g/mol. The highest BCUT2D eigenvalue weighted by atomic mass is 16.6. The Hall–Kier alpha value is -4.55. The van der Waals surface area contributed by atoms with Crippen LogP contribution >= 0.6 is 0 Å². The van der Waals surface area contributed by atoms with Crippen molar-refractivity contribution in [3.63, 3.8) is 0 Å². The van der Waals surface area contributed by atoms with Crippen molar-refractivity contribution < 1.29 is 33.3 Å². The minimum Gasteiger partial charge on any atom is -0.493 e. The van der Waals surface area contributed by atoms with Crippen LogP contribution in [0.4, 0.5) is 0 Å². The second-order valence-electron chi connectivity index (χ2n) is 20.1. The van der Waals surface area contributed by atoms with E-state index in [0.29, 0.717) is 26.2 Å². The van der Waals surface area contributed by atoms with Crippen LogP contribution in [0.3, 0.4) is 0 Å². The molecular weight excluding hydrogens is 817 g/mol. The van der Waals surface area contributed by atoms with Gasteiger partial charge in [-0.1, -0.05) is 73.2 Å². The molecule has 1 atom stereocenters. The maximum atomic E-state index is 13.3. The average Bonchev–Trinajstić information content (AvgIpc) is 3.31. The lowest BCUT2D eigenvalue weighted by atomic mass is 9.95. The number of unbranched alkanes of at least 4 members (excludes halogenated alkanes) is 1. The summed E-state index contributed by atoms with van der Waals surface area (Å²) in [6.07, 6.45) is 8.82. The Morgan fingerprint density at radius 1 is 0.708 bits per heavy atom. The predicted octanol–water partition coefficient (Wildman–Crippen LogP) is 9.21. The lowest BCUT2D eigenvalue weighted by Crippen LogP contribution is -2.45. The lowest BCUT2D eigenvalue weighted by Gasteiger charge is -2.35. The summed E-state index contributed by atoms with van der Waals surface area (Å²) in [5.74, 6) is 0.205. The molecule has 3 aromatic rings. The highest BCUT2D eigenvalue weighted by Crippen LogP contribution is 2.31. The van der Waals surface area contributed by atoms with E-state index >= 15 is 0 Å². The molecule has 0 unspecified atom stereocenters. The molecule has 2 aliphatic heterocycles. The van der Waals surface area contributed by atoms with E-state index in [1.807, 2.05) is 61.5 Å². The third-order valence-electron chi connectivity index (χ3n) is 11.8. The first-order valence-corrected chi connectivity index (χ1v) is 24.0. The number of ether oxygens (including phenoxy) is 4. The minimum absolute atomic E-state index is 0.146. The molecule has 0 spiro atoms. The van der Waals surface area contributed by atoms with Crippen LogP contribution < -0.4 is 4.74 Å². The first-order valence-electron chi connectivity index (χ1n) is 24.0. The molecule has 0 bridgehead atoms. The van der Waals surface area contributed by atoms with Crippen LogP contribution in [0.15, 0.2) is 60.7 Å². The summed E-state index contributed by atoms with van der Waals surface area (Å²) in [5, 5.41) is 0. The van der Waals surface area contributed by atoms with Gasteiger partial charge in [-0.15, -0.1) is 0 Å².